The number of hydrogen-bond acceptors (Lipinski definition) is 4. The summed E-state index contributed by atoms with van der Waals surface area (Å²) in [6.45, 7) is 13.1. The van der Waals surface area contributed by atoms with E-state index in [0.29, 0.717) is 40.4 Å². The van der Waals surface area contributed by atoms with E-state index < -0.39 is 0 Å². The Hall–Kier alpha value is -4.90. The molecule has 0 radical (unpaired) electrons. The molecule has 1 aromatic heterocycles. The van der Waals surface area contributed by atoms with Crippen molar-refractivity contribution < 1.29 is 19.1 Å². The normalized spacial score (nSPS) is 12.5. The number of hydrogen-bond donors (Lipinski definition) is 0. The molecule has 0 N–H and O–H groups in total. The number of carbonyl (C=O) groups is 2. The number of carbonyl (C=O) groups excluding carboxylic acids is 2. The Morgan fingerprint density at radius 3 is 2.14 bits per heavy atom. The van der Waals surface area contributed by atoms with E-state index in [1.54, 1.807) is 13.2 Å². The van der Waals surface area contributed by atoms with Crippen LogP contribution < -0.4 is 15.2 Å². The third kappa shape index (κ3) is 5.03. The van der Waals surface area contributed by atoms with Crippen molar-refractivity contribution in [2.24, 2.45) is 0 Å². The van der Waals surface area contributed by atoms with E-state index in [0.717, 1.165) is 44.4 Å². The molecular formula is C37H35NO4. The third-order valence-corrected chi connectivity index (χ3v) is 7.71. The molecule has 42 heavy (non-hydrogen) atoms. The number of rotatable bonds is 9. The predicted octanol–water partition coefficient (Wildman–Crippen LogP) is 6.75. The van der Waals surface area contributed by atoms with Crippen LogP contribution in [-0.4, -0.2) is 29.9 Å². The first-order valence-electron chi connectivity index (χ1n) is 14.2. The van der Waals surface area contributed by atoms with Gasteiger partial charge in [0.25, 0.3) is 0 Å². The molecule has 5 aromatic rings. The summed E-state index contributed by atoms with van der Waals surface area (Å²) in [4.78, 5) is 27.8. The second-order valence-corrected chi connectivity index (χ2v) is 10.2. The minimum absolute atomic E-state index is 0.0567. The zero-order chi connectivity index (χ0) is 30.0. The van der Waals surface area contributed by atoms with Crippen molar-refractivity contribution in [3.63, 3.8) is 0 Å². The third-order valence-electron chi connectivity index (χ3n) is 7.71. The van der Waals surface area contributed by atoms with Crippen molar-refractivity contribution in [2.45, 2.75) is 34.2 Å². The molecule has 5 rings (SSSR count). The second kappa shape index (κ2) is 11.9. The van der Waals surface area contributed by atoms with Gasteiger partial charge in [0, 0.05) is 45.0 Å². The summed E-state index contributed by atoms with van der Waals surface area (Å²) in [5, 5.41) is 3.33. The van der Waals surface area contributed by atoms with E-state index in [9.17, 15) is 9.59 Å². The first kappa shape index (κ1) is 28.6. The van der Waals surface area contributed by atoms with Crippen LogP contribution in [0.5, 0.6) is 5.75 Å². The summed E-state index contributed by atoms with van der Waals surface area (Å²) in [5.41, 5.74) is 5.11. The average molecular weight is 558 g/mol. The minimum Gasteiger partial charge on any atom is -0.497 e. The van der Waals surface area contributed by atoms with Crippen molar-refractivity contribution in [3.05, 3.63) is 123 Å². The van der Waals surface area contributed by atoms with Crippen molar-refractivity contribution in [2.75, 3.05) is 13.7 Å². The van der Waals surface area contributed by atoms with Crippen molar-refractivity contribution >= 4 is 45.5 Å². The monoisotopic (exact) mass is 557 g/mol. The highest BCUT2D eigenvalue weighted by molar-refractivity contribution is 6.29. The highest BCUT2D eigenvalue weighted by atomic mass is 16.5. The quantitative estimate of drug-likeness (QED) is 0.149. The number of aromatic nitrogens is 1. The minimum atomic E-state index is -0.145. The lowest BCUT2D eigenvalue weighted by molar-refractivity contribution is 0.103. The fraction of sp³-hybridized carbons (Fsp3) is 0.189. The molecule has 0 fully saturated rings. The van der Waals surface area contributed by atoms with Crippen LogP contribution in [0.2, 0.25) is 0 Å². The molecule has 5 heteroatoms. The molecule has 0 saturated heterocycles. The maximum atomic E-state index is 14.2. The van der Waals surface area contributed by atoms with Crippen LogP contribution in [0.25, 0.3) is 34.0 Å². The molecule has 212 valence electrons. The highest BCUT2D eigenvalue weighted by Gasteiger charge is 2.21. The van der Waals surface area contributed by atoms with E-state index in [1.165, 1.54) is 0 Å². The Bertz CT molecular complexity index is 1990. The molecule has 0 saturated carbocycles. The van der Waals surface area contributed by atoms with Gasteiger partial charge in [0.15, 0.2) is 11.6 Å². The van der Waals surface area contributed by atoms with Gasteiger partial charge < -0.3 is 14.0 Å². The standard InChI is InChI=1S/C37H35NO4/c1-7-34(42-9-3)35(28-13-11-10-12-23(28)4)37(40)26-15-19-33-31(22-26)30-21-25(14-18-32(30)38(33)8-2)36(39)29-17-16-27(41-6)20-24(29)5/h7,10-22H,4,8-9H2,1-3,5-6H3/b34-7+,35-28+. The molecule has 0 aliphatic carbocycles. The van der Waals surface area contributed by atoms with Crippen LogP contribution in [0.3, 0.4) is 0 Å². The average Bonchev–Trinajstić information content (AvgIpc) is 3.33. The van der Waals surface area contributed by atoms with Gasteiger partial charge in [-0.05, 0) is 104 Å². The Labute approximate surface area is 246 Å². The first-order chi connectivity index (χ1) is 20.3. The van der Waals surface area contributed by atoms with Gasteiger partial charge in [0.05, 0.1) is 19.3 Å². The molecule has 0 atom stereocenters. The number of ether oxygens (including phenoxy) is 2. The van der Waals surface area contributed by atoms with Gasteiger partial charge >= 0.3 is 0 Å². The molecule has 0 spiro atoms. The molecule has 0 amide bonds. The van der Waals surface area contributed by atoms with Gasteiger partial charge in [0.1, 0.15) is 11.5 Å². The summed E-state index contributed by atoms with van der Waals surface area (Å²) in [7, 11) is 1.61. The number of aryl methyl sites for hydroxylation is 2. The second-order valence-electron chi connectivity index (χ2n) is 10.2. The summed E-state index contributed by atoms with van der Waals surface area (Å²) in [5.74, 6) is 1.04. The Kier molecular flexibility index (Phi) is 8.12. The Morgan fingerprint density at radius 1 is 0.881 bits per heavy atom. The van der Waals surface area contributed by atoms with E-state index in [1.807, 2.05) is 99.6 Å². The molecule has 1 heterocycles. The van der Waals surface area contributed by atoms with Crippen molar-refractivity contribution in [1.29, 1.82) is 0 Å². The van der Waals surface area contributed by atoms with Crippen LogP contribution in [0.1, 0.15) is 52.6 Å². The lowest BCUT2D eigenvalue weighted by Crippen LogP contribution is -2.29. The largest absolute Gasteiger partial charge is 0.497 e. The Balaban J connectivity index is 1.70. The number of ketones is 2. The Morgan fingerprint density at radius 2 is 1.55 bits per heavy atom. The maximum Gasteiger partial charge on any atom is 0.197 e. The fourth-order valence-corrected chi connectivity index (χ4v) is 5.63. The van der Waals surface area contributed by atoms with E-state index in [-0.39, 0.29) is 11.6 Å². The van der Waals surface area contributed by atoms with Crippen LogP contribution in [0, 0.1) is 6.92 Å². The zero-order valence-electron chi connectivity index (χ0n) is 24.8. The number of fused-ring (bicyclic) bond motifs is 3. The summed E-state index contributed by atoms with van der Waals surface area (Å²) in [6.07, 6.45) is 1.82. The number of methoxy groups -OCH3 is 1. The highest BCUT2D eigenvalue weighted by Crippen LogP contribution is 2.33. The lowest BCUT2D eigenvalue weighted by atomic mass is 9.95. The van der Waals surface area contributed by atoms with Gasteiger partial charge in [-0.15, -0.1) is 0 Å². The number of benzene rings is 4. The van der Waals surface area contributed by atoms with Gasteiger partial charge in [-0.1, -0.05) is 30.8 Å². The molecule has 0 unspecified atom stereocenters. The van der Waals surface area contributed by atoms with Crippen molar-refractivity contribution in [3.8, 4) is 5.75 Å². The topological polar surface area (TPSA) is 57.5 Å². The predicted molar refractivity (Wildman–Crippen MR) is 171 cm³/mol. The van der Waals surface area contributed by atoms with E-state index in [4.69, 9.17) is 9.47 Å². The first-order valence-corrected chi connectivity index (χ1v) is 14.2. The number of allylic oxidation sites excluding steroid dienone is 2. The van der Waals surface area contributed by atoms with Gasteiger partial charge in [-0.25, -0.2) is 0 Å². The molecule has 4 aromatic carbocycles. The van der Waals surface area contributed by atoms with Crippen LogP contribution in [0.4, 0.5) is 0 Å². The van der Waals surface area contributed by atoms with Gasteiger partial charge in [0.2, 0.25) is 0 Å². The van der Waals surface area contributed by atoms with Crippen LogP contribution in [-0.2, 0) is 11.3 Å². The van der Waals surface area contributed by atoms with Crippen LogP contribution >= 0.6 is 0 Å². The summed E-state index contributed by atoms with van der Waals surface area (Å²) in [6, 6.07) is 24.7. The van der Waals surface area contributed by atoms with Crippen molar-refractivity contribution in [1.82, 2.24) is 4.57 Å². The summed E-state index contributed by atoms with van der Waals surface area (Å²) < 4.78 is 13.4. The fourth-order valence-electron chi connectivity index (χ4n) is 5.63. The van der Waals surface area contributed by atoms with Crippen LogP contribution in [0.15, 0.2) is 90.7 Å². The van der Waals surface area contributed by atoms with Gasteiger partial charge in [-0.2, -0.15) is 0 Å². The maximum absolute atomic E-state index is 14.2. The SMILES string of the molecule is C=c1cccc/c1=C(C(=O)c1ccc2c(c1)c1cc(C(=O)c3ccc(OC)cc3C)ccc1n2CC)/C(=C\C)OCC. The summed E-state index contributed by atoms with van der Waals surface area (Å²) >= 11 is 0. The zero-order valence-corrected chi connectivity index (χ0v) is 24.8. The van der Waals surface area contributed by atoms with E-state index in [2.05, 4.69) is 18.1 Å². The number of nitrogens with zero attached hydrogens (tertiary/aromatic N) is 1. The molecular weight excluding hydrogens is 522 g/mol. The molecule has 0 aliphatic heterocycles. The number of Topliss-reactive ketones (excluding diaryl/α,β-unsaturated/α-hetero) is 1. The van der Waals surface area contributed by atoms with Gasteiger partial charge in [-0.3, -0.25) is 9.59 Å². The van der Waals surface area contributed by atoms with E-state index >= 15 is 0 Å². The molecule has 5 nitrogen and oxygen atoms in total. The lowest BCUT2D eigenvalue weighted by Gasteiger charge is -2.13. The molecule has 0 aliphatic rings. The molecule has 0 bridgehead atoms. The smallest absolute Gasteiger partial charge is 0.197 e.